The van der Waals surface area contributed by atoms with Crippen LogP contribution in [0.5, 0.6) is 0 Å². The van der Waals surface area contributed by atoms with Crippen molar-refractivity contribution in [1.82, 2.24) is 0 Å². The van der Waals surface area contributed by atoms with Gasteiger partial charge in [-0.1, -0.05) is 39.0 Å². The van der Waals surface area contributed by atoms with E-state index in [0.717, 1.165) is 38.2 Å². The zero-order valence-electron chi connectivity index (χ0n) is 12.2. The van der Waals surface area contributed by atoms with Crippen LogP contribution in [0.2, 0.25) is 0 Å². The molecule has 2 nitrogen and oxygen atoms in total. The summed E-state index contributed by atoms with van der Waals surface area (Å²) in [6.07, 6.45) is 11.8. The van der Waals surface area contributed by atoms with E-state index >= 15 is 0 Å². The van der Waals surface area contributed by atoms with Crippen molar-refractivity contribution < 1.29 is 9.84 Å². The molecule has 18 heavy (non-hydrogen) atoms. The second-order valence-corrected chi connectivity index (χ2v) is 6.85. The predicted octanol–water partition coefficient (Wildman–Crippen LogP) is 4.06. The molecule has 1 N–H and O–H groups in total. The Hall–Kier alpha value is -0.0800. The standard InChI is InChI=1S/C16H30O2/c1-3-15(2)13-16(17,11-12-18-15)10-9-14-7-5-4-6-8-14/h14,17H,3-13H2,1-2H3. The quantitative estimate of drug-likeness (QED) is 0.820. The number of rotatable bonds is 4. The third-order valence-electron chi connectivity index (χ3n) is 5.21. The van der Waals surface area contributed by atoms with Crippen LogP contribution >= 0.6 is 0 Å². The topological polar surface area (TPSA) is 29.5 Å². The first-order valence-electron chi connectivity index (χ1n) is 7.92. The Bertz CT molecular complexity index is 260. The highest BCUT2D eigenvalue weighted by molar-refractivity contribution is 4.92. The van der Waals surface area contributed by atoms with Gasteiger partial charge in [0, 0.05) is 6.42 Å². The zero-order chi connectivity index (χ0) is 13.1. The fourth-order valence-electron chi connectivity index (χ4n) is 3.71. The molecule has 0 aromatic rings. The lowest BCUT2D eigenvalue weighted by Crippen LogP contribution is -2.47. The van der Waals surface area contributed by atoms with Crippen LogP contribution in [0.1, 0.15) is 78.1 Å². The van der Waals surface area contributed by atoms with Gasteiger partial charge in [-0.2, -0.15) is 0 Å². The molecular weight excluding hydrogens is 224 g/mol. The first-order valence-corrected chi connectivity index (χ1v) is 7.92. The maximum Gasteiger partial charge on any atom is 0.0697 e. The maximum atomic E-state index is 10.8. The van der Waals surface area contributed by atoms with Crippen LogP contribution in [0.15, 0.2) is 0 Å². The Labute approximate surface area is 112 Å². The van der Waals surface area contributed by atoms with Gasteiger partial charge in [0.2, 0.25) is 0 Å². The monoisotopic (exact) mass is 254 g/mol. The highest BCUT2D eigenvalue weighted by Crippen LogP contribution is 2.39. The Morgan fingerprint density at radius 3 is 2.61 bits per heavy atom. The van der Waals surface area contributed by atoms with Gasteiger partial charge < -0.3 is 9.84 Å². The second-order valence-electron chi connectivity index (χ2n) is 6.85. The molecule has 1 aliphatic heterocycles. The predicted molar refractivity (Wildman–Crippen MR) is 74.6 cm³/mol. The summed E-state index contributed by atoms with van der Waals surface area (Å²) in [7, 11) is 0. The van der Waals surface area contributed by atoms with Crippen molar-refractivity contribution in [2.45, 2.75) is 89.3 Å². The van der Waals surface area contributed by atoms with Crippen molar-refractivity contribution >= 4 is 0 Å². The Morgan fingerprint density at radius 1 is 1.22 bits per heavy atom. The molecule has 2 aliphatic rings. The maximum absolute atomic E-state index is 10.8. The van der Waals surface area contributed by atoms with E-state index in [2.05, 4.69) is 13.8 Å². The summed E-state index contributed by atoms with van der Waals surface area (Å²) in [5.41, 5.74) is -0.556. The highest BCUT2D eigenvalue weighted by atomic mass is 16.5. The summed E-state index contributed by atoms with van der Waals surface area (Å²) >= 11 is 0. The minimum atomic E-state index is -0.458. The summed E-state index contributed by atoms with van der Waals surface area (Å²) in [6, 6.07) is 0. The molecule has 1 saturated carbocycles. The molecule has 2 unspecified atom stereocenters. The zero-order valence-corrected chi connectivity index (χ0v) is 12.2. The SMILES string of the molecule is CCC1(C)CC(O)(CCC2CCCCC2)CCO1. The normalized spacial score (nSPS) is 38.8. The third-order valence-corrected chi connectivity index (χ3v) is 5.21. The Balaban J connectivity index is 1.82. The van der Waals surface area contributed by atoms with Gasteiger partial charge in [0.15, 0.2) is 0 Å². The van der Waals surface area contributed by atoms with Crippen LogP contribution in [0.3, 0.4) is 0 Å². The van der Waals surface area contributed by atoms with Crippen molar-refractivity contribution in [3.63, 3.8) is 0 Å². The smallest absolute Gasteiger partial charge is 0.0697 e. The van der Waals surface area contributed by atoms with Gasteiger partial charge in [-0.3, -0.25) is 0 Å². The van der Waals surface area contributed by atoms with Gasteiger partial charge in [-0.15, -0.1) is 0 Å². The van der Waals surface area contributed by atoms with Crippen LogP contribution in [0.4, 0.5) is 0 Å². The minimum absolute atomic E-state index is 0.0977. The van der Waals surface area contributed by atoms with Crippen LogP contribution in [0.25, 0.3) is 0 Å². The second kappa shape index (κ2) is 5.92. The molecule has 0 aromatic carbocycles. The van der Waals surface area contributed by atoms with Gasteiger partial charge in [0.1, 0.15) is 0 Å². The minimum Gasteiger partial charge on any atom is -0.390 e. The molecule has 0 radical (unpaired) electrons. The van der Waals surface area contributed by atoms with Crippen LogP contribution in [0, 0.1) is 5.92 Å². The van der Waals surface area contributed by atoms with Gasteiger partial charge in [-0.05, 0) is 38.5 Å². The van der Waals surface area contributed by atoms with E-state index in [-0.39, 0.29) is 5.60 Å². The molecule has 2 fully saturated rings. The Morgan fingerprint density at radius 2 is 1.94 bits per heavy atom. The highest BCUT2D eigenvalue weighted by Gasteiger charge is 2.40. The Kier molecular flexibility index (Phi) is 4.71. The lowest BCUT2D eigenvalue weighted by atomic mass is 9.76. The van der Waals surface area contributed by atoms with Crippen molar-refractivity contribution in [2.24, 2.45) is 5.92 Å². The molecule has 106 valence electrons. The number of hydrogen-bond acceptors (Lipinski definition) is 2. The van der Waals surface area contributed by atoms with Crippen molar-refractivity contribution in [3.05, 3.63) is 0 Å². The van der Waals surface area contributed by atoms with Gasteiger partial charge in [0.05, 0.1) is 17.8 Å². The molecule has 1 aliphatic carbocycles. The summed E-state index contributed by atoms with van der Waals surface area (Å²) in [5, 5.41) is 10.8. The van der Waals surface area contributed by atoms with Crippen LogP contribution in [-0.4, -0.2) is 22.9 Å². The molecule has 0 aromatic heterocycles. The number of aliphatic hydroxyl groups is 1. The average Bonchev–Trinajstić information content (AvgIpc) is 2.38. The summed E-state index contributed by atoms with van der Waals surface area (Å²) in [6.45, 7) is 5.04. The number of ether oxygens (including phenoxy) is 1. The van der Waals surface area contributed by atoms with E-state index in [1.165, 1.54) is 38.5 Å². The van der Waals surface area contributed by atoms with E-state index in [4.69, 9.17) is 4.74 Å². The number of hydrogen-bond donors (Lipinski definition) is 1. The van der Waals surface area contributed by atoms with Crippen molar-refractivity contribution in [1.29, 1.82) is 0 Å². The summed E-state index contributed by atoms with van der Waals surface area (Å²) in [4.78, 5) is 0. The lowest BCUT2D eigenvalue weighted by molar-refractivity contribution is -0.157. The van der Waals surface area contributed by atoms with Crippen molar-refractivity contribution in [3.8, 4) is 0 Å². The van der Waals surface area contributed by atoms with Gasteiger partial charge in [0.25, 0.3) is 0 Å². The van der Waals surface area contributed by atoms with Crippen LogP contribution < -0.4 is 0 Å². The molecule has 2 rings (SSSR count). The fourth-order valence-corrected chi connectivity index (χ4v) is 3.71. The van der Waals surface area contributed by atoms with E-state index in [1.54, 1.807) is 0 Å². The molecule has 0 spiro atoms. The fraction of sp³-hybridized carbons (Fsp3) is 1.00. The van der Waals surface area contributed by atoms with Crippen LogP contribution in [-0.2, 0) is 4.74 Å². The first kappa shape index (κ1) is 14.3. The molecular formula is C16H30O2. The third kappa shape index (κ3) is 3.71. The van der Waals surface area contributed by atoms with Crippen molar-refractivity contribution in [2.75, 3.05) is 6.61 Å². The van der Waals surface area contributed by atoms with Gasteiger partial charge >= 0.3 is 0 Å². The molecule has 0 amide bonds. The lowest BCUT2D eigenvalue weighted by Gasteiger charge is -2.43. The average molecular weight is 254 g/mol. The largest absolute Gasteiger partial charge is 0.390 e. The first-order chi connectivity index (χ1) is 8.55. The molecule has 0 bridgehead atoms. The molecule has 2 heteroatoms. The van der Waals surface area contributed by atoms with E-state index in [9.17, 15) is 5.11 Å². The summed E-state index contributed by atoms with van der Waals surface area (Å²) < 4.78 is 5.84. The molecule has 2 atom stereocenters. The molecule has 1 heterocycles. The molecule has 1 saturated heterocycles. The van der Waals surface area contributed by atoms with E-state index in [1.807, 2.05) is 0 Å². The van der Waals surface area contributed by atoms with E-state index < -0.39 is 5.60 Å². The summed E-state index contributed by atoms with van der Waals surface area (Å²) in [5.74, 6) is 0.874. The van der Waals surface area contributed by atoms with E-state index in [0.29, 0.717) is 0 Å². The van der Waals surface area contributed by atoms with Gasteiger partial charge in [-0.25, -0.2) is 0 Å².